The largest absolute Gasteiger partial charge is 0.497 e. The number of methoxy groups -OCH3 is 2. The highest BCUT2D eigenvalue weighted by atomic mass is 32.2. The highest BCUT2D eigenvalue weighted by Gasteiger charge is 2.22. The van der Waals surface area contributed by atoms with Crippen LogP contribution in [0.2, 0.25) is 0 Å². The molecule has 138 valence electrons. The van der Waals surface area contributed by atoms with E-state index >= 15 is 0 Å². The molecule has 1 N–H and O–H groups in total. The Morgan fingerprint density at radius 2 is 1.88 bits per heavy atom. The molecule has 0 aliphatic heterocycles. The monoisotopic (exact) mass is 394 g/mol. The van der Waals surface area contributed by atoms with Crippen molar-refractivity contribution in [1.29, 1.82) is 0 Å². The van der Waals surface area contributed by atoms with Gasteiger partial charge < -0.3 is 14.0 Å². The fourth-order valence-electron chi connectivity index (χ4n) is 2.32. The summed E-state index contributed by atoms with van der Waals surface area (Å²) in [5.74, 6) is 1.49. The van der Waals surface area contributed by atoms with Gasteiger partial charge in [0, 0.05) is 11.6 Å². The first-order valence-electron chi connectivity index (χ1n) is 7.63. The van der Waals surface area contributed by atoms with Gasteiger partial charge >= 0.3 is 0 Å². The molecule has 1 aromatic carbocycles. The van der Waals surface area contributed by atoms with Crippen LogP contribution in [0.15, 0.2) is 39.1 Å². The van der Waals surface area contributed by atoms with Gasteiger partial charge in [0.05, 0.1) is 30.5 Å². The van der Waals surface area contributed by atoms with Crippen LogP contribution in [0.25, 0.3) is 10.6 Å². The van der Waals surface area contributed by atoms with E-state index in [4.69, 9.17) is 14.0 Å². The number of benzene rings is 1. The third kappa shape index (κ3) is 3.40. The summed E-state index contributed by atoms with van der Waals surface area (Å²) in [6.45, 7) is 3.72. The van der Waals surface area contributed by atoms with Gasteiger partial charge in [-0.1, -0.05) is 5.16 Å². The smallest absolute Gasteiger partial charge is 0.271 e. The lowest BCUT2D eigenvalue weighted by atomic mass is 10.2. The molecule has 0 amide bonds. The number of nitrogens with zero attached hydrogens (tertiary/aromatic N) is 1. The molecule has 0 radical (unpaired) electrons. The molecule has 26 heavy (non-hydrogen) atoms. The lowest BCUT2D eigenvalue weighted by Gasteiger charge is -2.12. The summed E-state index contributed by atoms with van der Waals surface area (Å²) in [6, 6.07) is 8.13. The van der Waals surface area contributed by atoms with Gasteiger partial charge in [0.1, 0.15) is 15.7 Å². The Morgan fingerprint density at radius 3 is 2.50 bits per heavy atom. The number of anilines is 1. The maximum atomic E-state index is 12.8. The predicted octanol–water partition coefficient (Wildman–Crippen LogP) is 3.84. The highest BCUT2D eigenvalue weighted by molar-refractivity contribution is 7.94. The number of rotatable bonds is 6. The molecule has 3 rings (SSSR count). The number of aromatic nitrogens is 1. The van der Waals surface area contributed by atoms with Crippen molar-refractivity contribution >= 4 is 27.0 Å². The molecule has 2 heterocycles. The van der Waals surface area contributed by atoms with E-state index in [1.54, 1.807) is 24.3 Å². The first-order chi connectivity index (χ1) is 12.4. The zero-order chi connectivity index (χ0) is 18.9. The van der Waals surface area contributed by atoms with Gasteiger partial charge in [-0.15, -0.1) is 11.3 Å². The van der Waals surface area contributed by atoms with E-state index in [1.807, 2.05) is 13.8 Å². The third-order valence-electron chi connectivity index (χ3n) is 3.88. The van der Waals surface area contributed by atoms with E-state index in [0.717, 1.165) is 22.6 Å². The summed E-state index contributed by atoms with van der Waals surface area (Å²) in [4.78, 5) is 0.695. The lowest BCUT2D eigenvalue weighted by molar-refractivity contribution is 0.405. The topological polar surface area (TPSA) is 90.7 Å². The summed E-state index contributed by atoms with van der Waals surface area (Å²) >= 11 is 1.11. The maximum absolute atomic E-state index is 12.8. The third-order valence-corrected chi connectivity index (χ3v) is 6.82. The quantitative estimate of drug-likeness (QED) is 0.683. The SMILES string of the molecule is COc1ccc(OC)c(NS(=O)(=O)c2ccc(-c3onc(C)c3C)s2)c1. The summed E-state index contributed by atoms with van der Waals surface area (Å²) in [7, 11) is -0.816. The minimum Gasteiger partial charge on any atom is -0.497 e. The molecule has 0 spiro atoms. The van der Waals surface area contributed by atoms with Gasteiger partial charge in [0.15, 0.2) is 5.76 Å². The Balaban J connectivity index is 1.94. The minimum absolute atomic E-state index is 0.158. The molecule has 7 nitrogen and oxygen atoms in total. The van der Waals surface area contributed by atoms with Gasteiger partial charge in [-0.25, -0.2) is 8.42 Å². The van der Waals surface area contributed by atoms with Gasteiger partial charge in [0.25, 0.3) is 10.0 Å². The van der Waals surface area contributed by atoms with E-state index in [9.17, 15) is 8.42 Å². The number of nitrogens with one attached hydrogen (secondary N) is 1. The van der Waals surface area contributed by atoms with Crippen LogP contribution in [-0.2, 0) is 10.0 Å². The summed E-state index contributed by atoms with van der Waals surface area (Å²) < 4.78 is 43.9. The zero-order valence-corrected chi connectivity index (χ0v) is 16.3. The molecule has 9 heteroatoms. The van der Waals surface area contributed by atoms with Crippen molar-refractivity contribution < 1.29 is 22.4 Å². The Morgan fingerprint density at radius 1 is 1.12 bits per heavy atom. The molecular formula is C17H18N2O5S2. The second-order valence-electron chi connectivity index (χ2n) is 5.51. The van der Waals surface area contributed by atoms with Gasteiger partial charge in [-0.3, -0.25) is 4.72 Å². The van der Waals surface area contributed by atoms with Crippen LogP contribution in [-0.4, -0.2) is 27.8 Å². The number of hydrogen-bond donors (Lipinski definition) is 1. The van der Waals surface area contributed by atoms with Crippen molar-refractivity contribution in [3.8, 4) is 22.1 Å². The molecular weight excluding hydrogens is 376 g/mol. The first-order valence-corrected chi connectivity index (χ1v) is 9.93. The Bertz CT molecular complexity index is 1040. The Hall–Kier alpha value is -2.52. The summed E-state index contributed by atoms with van der Waals surface area (Å²) in [5.41, 5.74) is 1.96. The number of hydrogen-bond acceptors (Lipinski definition) is 7. The van der Waals surface area contributed by atoms with E-state index in [1.165, 1.54) is 20.3 Å². The van der Waals surface area contributed by atoms with Crippen LogP contribution < -0.4 is 14.2 Å². The molecule has 0 unspecified atom stereocenters. The van der Waals surface area contributed by atoms with Crippen molar-refractivity contribution in [1.82, 2.24) is 5.16 Å². The maximum Gasteiger partial charge on any atom is 0.271 e. The van der Waals surface area contributed by atoms with Crippen molar-refractivity contribution in [2.24, 2.45) is 0 Å². The molecule has 0 aliphatic carbocycles. The van der Waals surface area contributed by atoms with Crippen LogP contribution in [0, 0.1) is 13.8 Å². The standard InChI is InChI=1S/C17H18N2O5S2/c1-10-11(2)18-24-17(10)15-7-8-16(25-15)26(20,21)19-13-9-12(22-3)5-6-14(13)23-4/h5-9,19H,1-4H3. The van der Waals surface area contributed by atoms with Crippen molar-refractivity contribution in [3.05, 3.63) is 41.6 Å². The Kier molecular flexibility index (Phi) is 4.92. The van der Waals surface area contributed by atoms with Crippen molar-refractivity contribution in [2.45, 2.75) is 18.1 Å². The molecule has 0 atom stereocenters. The fourth-order valence-corrected chi connectivity index (χ4v) is 4.72. The average Bonchev–Trinajstić information content (AvgIpc) is 3.23. The minimum atomic E-state index is -3.79. The van der Waals surface area contributed by atoms with E-state index in [2.05, 4.69) is 9.88 Å². The van der Waals surface area contributed by atoms with Crippen LogP contribution in [0.5, 0.6) is 11.5 Å². The predicted molar refractivity (Wildman–Crippen MR) is 99.6 cm³/mol. The normalized spacial score (nSPS) is 11.4. The van der Waals surface area contributed by atoms with Gasteiger partial charge in [-0.2, -0.15) is 0 Å². The molecule has 2 aromatic heterocycles. The van der Waals surface area contributed by atoms with Gasteiger partial charge in [-0.05, 0) is 38.1 Å². The van der Waals surface area contributed by atoms with Crippen LogP contribution >= 0.6 is 11.3 Å². The lowest BCUT2D eigenvalue weighted by Crippen LogP contribution is -2.12. The van der Waals surface area contributed by atoms with Crippen molar-refractivity contribution in [2.75, 3.05) is 18.9 Å². The number of sulfonamides is 1. The molecule has 3 aromatic rings. The van der Waals surface area contributed by atoms with Crippen molar-refractivity contribution in [3.63, 3.8) is 0 Å². The number of aryl methyl sites for hydroxylation is 1. The molecule has 0 saturated heterocycles. The second-order valence-corrected chi connectivity index (χ2v) is 8.51. The van der Waals surface area contributed by atoms with E-state index in [0.29, 0.717) is 27.8 Å². The first kappa shape index (κ1) is 18.3. The number of thiophene rings is 1. The highest BCUT2D eigenvalue weighted by Crippen LogP contribution is 2.36. The fraction of sp³-hybridized carbons (Fsp3) is 0.235. The molecule has 0 bridgehead atoms. The Labute approximate surface area is 155 Å². The van der Waals surface area contributed by atoms with E-state index < -0.39 is 10.0 Å². The van der Waals surface area contributed by atoms with E-state index in [-0.39, 0.29) is 4.21 Å². The summed E-state index contributed by atoms with van der Waals surface area (Å²) in [5, 5.41) is 3.91. The average molecular weight is 394 g/mol. The van der Waals surface area contributed by atoms with Crippen LogP contribution in [0.4, 0.5) is 5.69 Å². The second kappa shape index (κ2) is 7.00. The summed E-state index contributed by atoms with van der Waals surface area (Å²) in [6.07, 6.45) is 0. The molecule has 0 saturated carbocycles. The van der Waals surface area contributed by atoms with Crippen LogP contribution in [0.1, 0.15) is 11.3 Å². The zero-order valence-electron chi connectivity index (χ0n) is 14.7. The van der Waals surface area contributed by atoms with Gasteiger partial charge in [0.2, 0.25) is 0 Å². The number of ether oxygens (including phenoxy) is 2. The molecule has 0 fully saturated rings. The molecule has 0 aliphatic rings. The van der Waals surface area contributed by atoms with Crippen LogP contribution in [0.3, 0.4) is 0 Å².